The zero-order chi connectivity index (χ0) is 22.7. The number of hydrogen-bond donors (Lipinski definition) is 1. The number of likely N-dealkylation sites (N-methyl/N-ethyl adjacent to an activating group) is 1. The fourth-order valence-corrected chi connectivity index (χ4v) is 3.60. The molecule has 0 bridgehead atoms. The van der Waals surface area contributed by atoms with E-state index >= 15 is 0 Å². The van der Waals surface area contributed by atoms with Crippen LogP contribution >= 0.6 is 0 Å². The maximum atomic E-state index is 13.6. The van der Waals surface area contributed by atoms with Gasteiger partial charge in [-0.1, -0.05) is 24.3 Å². The lowest BCUT2D eigenvalue weighted by Crippen LogP contribution is -2.39. The Bertz CT molecular complexity index is 1300. The molecule has 9 nitrogen and oxygen atoms in total. The fourth-order valence-electron chi connectivity index (χ4n) is 3.60. The first-order valence-electron chi connectivity index (χ1n) is 10.2. The highest BCUT2D eigenvalue weighted by molar-refractivity contribution is 5.81. The predicted molar refractivity (Wildman–Crippen MR) is 115 cm³/mol. The topological polar surface area (TPSA) is 110 Å². The summed E-state index contributed by atoms with van der Waals surface area (Å²) in [5.41, 5.74) is 1.08. The number of carbonyl (C=O) groups excluding carboxylic acids is 1. The SMILES string of the molecule is CCN(Cc1nc2ccccc2c(=O)[nH]1)C(=O)C(Cc1ccc(F)cc1)n1nnnc1C. The van der Waals surface area contributed by atoms with E-state index in [4.69, 9.17) is 0 Å². The quantitative estimate of drug-likeness (QED) is 0.477. The number of hydrogen-bond acceptors (Lipinski definition) is 6. The molecule has 2 aromatic carbocycles. The van der Waals surface area contributed by atoms with Crippen molar-refractivity contribution in [3.63, 3.8) is 0 Å². The zero-order valence-corrected chi connectivity index (χ0v) is 17.7. The Morgan fingerprint density at radius 2 is 1.94 bits per heavy atom. The van der Waals surface area contributed by atoms with Gasteiger partial charge in [0.15, 0.2) is 0 Å². The Labute approximate surface area is 182 Å². The van der Waals surface area contributed by atoms with Gasteiger partial charge in [-0.15, -0.1) is 5.10 Å². The summed E-state index contributed by atoms with van der Waals surface area (Å²) in [7, 11) is 0. The van der Waals surface area contributed by atoms with Gasteiger partial charge in [0.05, 0.1) is 17.4 Å². The maximum Gasteiger partial charge on any atom is 0.258 e. The van der Waals surface area contributed by atoms with Gasteiger partial charge in [-0.2, -0.15) is 0 Å². The summed E-state index contributed by atoms with van der Waals surface area (Å²) in [5, 5.41) is 12.1. The molecule has 1 amide bonds. The third kappa shape index (κ3) is 4.39. The third-order valence-corrected chi connectivity index (χ3v) is 5.28. The first-order valence-corrected chi connectivity index (χ1v) is 10.2. The molecule has 0 aliphatic carbocycles. The number of fused-ring (bicyclic) bond motifs is 1. The second kappa shape index (κ2) is 9.04. The molecular weight excluding hydrogens is 413 g/mol. The van der Waals surface area contributed by atoms with E-state index in [9.17, 15) is 14.0 Å². The molecule has 0 aliphatic heterocycles. The number of aromatic nitrogens is 6. The number of halogens is 1. The molecule has 0 saturated carbocycles. The molecule has 2 aromatic heterocycles. The minimum absolute atomic E-state index is 0.122. The summed E-state index contributed by atoms with van der Waals surface area (Å²) in [6.45, 7) is 4.06. The van der Waals surface area contributed by atoms with Gasteiger partial charge in [0.2, 0.25) is 5.91 Å². The van der Waals surface area contributed by atoms with Crippen LogP contribution < -0.4 is 5.56 Å². The predicted octanol–water partition coefficient (Wildman–Crippen LogP) is 2.19. The second-order valence-corrected chi connectivity index (χ2v) is 7.40. The van der Waals surface area contributed by atoms with Crippen LogP contribution in [-0.2, 0) is 17.8 Å². The number of rotatable bonds is 7. The van der Waals surface area contributed by atoms with E-state index in [0.29, 0.717) is 29.1 Å². The van der Waals surface area contributed by atoms with E-state index in [1.54, 1.807) is 48.2 Å². The second-order valence-electron chi connectivity index (χ2n) is 7.40. The molecule has 4 rings (SSSR count). The number of tetrazole rings is 1. The molecule has 4 aromatic rings. The van der Waals surface area contributed by atoms with Crippen molar-refractivity contribution in [3.05, 3.63) is 81.9 Å². The smallest absolute Gasteiger partial charge is 0.258 e. The Hall–Kier alpha value is -3.95. The first-order chi connectivity index (χ1) is 15.5. The van der Waals surface area contributed by atoms with Crippen molar-refractivity contribution in [1.82, 2.24) is 35.1 Å². The molecule has 0 aliphatic rings. The Morgan fingerprint density at radius 3 is 2.62 bits per heavy atom. The minimum Gasteiger partial charge on any atom is -0.334 e. The molecule has 0 fully saturated rings. The van der Waals surface area contributed by atoms with E-state index in [1.807, 2.05) is 6.92 Å². The van der Waals surface area contributed by atoms with Crippen molar-refractivity contribution in [2.75, 3.05) is 6.54 Å². The highest BCUT2D eigenvalue weighted by Gasteiger charge is 2.28. The molecule has 1 unspecified atom stereocenters. The highest BCUT2D eigenvalue weighted by atomic mass is 19.1. The molecule has 0 radical (unpaired) electrons. The number of amides is 1. The number of nitrogens with one attached hydrogen (secondary N) is 1. The number of H-pyrrole nitrogens is 1. The first kappa shape index (κ1) is 21.3. The van der Waals surface area contributed by atoms with Crippen LogP contribution in [0.2, 0.25) is 0 Å². The van der Waals surface area contributed by atoms with E-state index in [0.717, 1.165) is 5.56 Å². The van der Waals surface area contributed by atoms with E-state index in [1.165, 1.54) is 16.8 Å². The molecule has 0 spiro atoms. The van der Waals surface area contributed by atoms with E-state index in [2.05, 4.69) is 25.5 Å². The van der Waals surface area contributed by atoms with Crippen molar-refractivity contribution >= 4 is 16.8 Å². The van der Waals surface area contributed by atoms with Gasteiger partial charge >= 0.3 is 0 Å². The third-order valence-electron chi connectivity index (χ3n) is 5.28. The number of carbonyl (C=O) groups is 1. The average molecular weight is 435 g/mol. The number of benzene rings is 2. The van der Waals surface area contributed by atoms with Gasteiger partial charge in [0.25, 0.3) is 5.56 Å². The summed E-state index contributed by atoms with van der Waals surface area (Å²) in [6.07, 6.45) is 0.281. The van der Waals surface area contributed by atoms with Gasteiger partial charge in [0.1, 0.15) is 23.5 Å². The lowest BCUT2D eigenvalue weighted by Gasteiger charge is -2.26. The van der Waals surface area contributed by atoms with Gasteiger partial charge in [-0.3, -0.25) is 9.59 Å². The Balaban J connectivity index is 1.64. The summed E-state index contributed by atoms with van der Waals surface area (Å²) in [4.78, 5) is 34.8. The molecular formula is C22H22FN7O2. The zero-order valence-electron chi connectivity index (χ0n) is 17.7. The lowest BCUT2D eigenvalue weighted by molar-refractivity contribution is -0.135. The van der Waals surface area contributed by atoms with Crippen LogP contribution in [0, 0.1) is 12.7 Å². The van der Waals surface area contributed by atoms with Crippen LogP contribution in [-0.4, -0.2) is 47.5 Å². The average Bonchev–Trinajstić information content (AvgIpc) is 3.22. The number of nitrogens with zero attached hydrogens (tertiary/aromatic N) is 6. The van der Waals surface area contributed by atoms with Crippen LogP contribution in [0.1, 0.15) is 30.2 Å². The summed E-state index contributed by atoms with van der Waals surface area (Å²) in [5.74, 6) is 0.288. The van der Waals surface area contributed by atoms with Gasteiger partial charge in [-0.25, -0.2) is 14.1 Å². The Kier molecular flexibility index (Phi) is 6.02. The van der Waals surface area contributed by atoms with Crippen LogP contribution in [0.3, 0.4) is 0 Å². The van der Waals surface area contributed by atoms with Crippen LogP contribution in [0.15, 0.2) is 53.3 Å². The minimum atomic E-state index is -0.734. The monoisotopic (exact) mass is 435 g/mol. The molecule has 10 heteroatoms. The summed E-state index contributed by atoms with van der Waals surface area (Å²) < 4.78 is 14.8. The standard InChI is InChI=1S/C22H22FN7O2/c1-3-29(13-20-24-18-7-5-4-6-17(18)21(31)25-20)22(32)19(30-14(2)26-27-28-30)12-15-8-10-16(23)11-9-15/h4-11,19H,3,12-13H2,1-2H3,(H,24,25,31). The maximum absolute atomic E-state index is 13.6. The van der Waals surface area contributed by atoms with Crippen molar-refractivity contribution in [2.24, 2.45) is 0 Å². The number of aromatic amines is 1. The van der Waals surface area contributed by atoms with E-state index < -0.39 is 6.04 Å². The summed E-state index contributed by atoms with van der Waals surface area (Å²) >= 11 is 0. The van der Waals surface area contributed by atoms with Gasteiger partial charge in [-0.05, 0) is 54.1 Å². The molecule has 32 heavy (non-hydrogen) atoms. The molecule has 2 heterocycles. The molecule has 1 N–H and O–H groups in total. The summed E-state index contributed by atoms with van der Waals surface area (Å²) in [6, 6.07) is 12.3. The molecule has 1 atom stereocenters. The Morgan fingerprint density at radius 1 is 1.19 bits per heavy atom. The normalized spacial score (nSPS) is 12.1. The fraction of sp³-hybridized carbons (Fsp3) is 0.273. The highest BCUT2D eigenvalue weighted by Crippen LogP contribution is 2.19. The van der Waals surface area contributed by atoms with E-state index in [-0.39, 0.29) is 30.2 Å². The van der Waals surface area contributed by atoms with Crippen molar-refractivity contribution in [3.8, 4) is 0 Å². The van der Waals surface area contributed by atoms with Crippen LogP contribution in [0.25, 0.3) is 10.9 Å². The van der Waals surface area contributed by atoms with Crippen LogP contribution in [0.4, 0.5) is 4.39 Å². The van der Waals surface area contributed by atoms with Gasteiger partial charge < -0.3 is 9.88 Å². The lowest BCUT2D eigenvalue weighted by atomic mass is 10.0. The largest absolute Gasteiger partial charge is 0.334 e. The van der Waals surface area contributed by atoms with Crippen molar-refractivity contribution < 1.29 is 9.18 Å². The van der Waals surface area contributed by atoms with Crippen molar-refractivity contribution in [2.45, 2.75) is 32.9 Å². The van der Waals surface area contributed by atoms with Crippen molar-refractivity contribution in [1.29, 1.82) is 0 Å². The molecule has 164 valence electrons. The van der Waals surface area contributed by atoms with Crippen LogP contribution in [0.5, 0.6) is 0 Å². The number of para-hydroxylation sites is 1. The number of aryl methyl sites for hydroxylation is 1. The van der Waals surface area contributed by atoms with Gasteiger partial charge in [0, 0.05) is 13.0 Å². The molecule has 0 saturated heterocycles.